The molecule has 4 heterocycles. The summed E-state index contributed by atoms with van der Waals surface area (Å²) in [5.74, 6) is -1.87. The molecule has 2 aliphatic rings. The van der Waals surface area contributed by atoms with Crippen LogP contribution in [0.25, 0.3) is 0 Å². The van der Waals surface area contributed by atoms with Gasteiger partial charge in [-0.05, 0) is 81.0 Å². The highest BCUT2D eigenvalue weighted by Crippen LogP contribution is 2.44. The Morgan fingerprint density at radius 1 is 1.08 bits per heavy atom. The van der Waals surface area contributed by atoms with E-state index in [1.54, 1.807) is 0 Å². The van der Waals surface area contributed by atoms with E-state index in [2.05, 4.69) is 14.6 Å². The topological polar surface area (TPSA) is 67.4 Å². The summed E-state index contributed by atoms with van der Waals surface area (Å²) in [7, 11) is -1.48. The van der Waals surface area contributed by atoms with Gasteiger partial charge in [0.2, 0.25) is 0 Å². The summed E-state index contributed by atoms with van der Waals surface area (Å²) in [5, 5.41) is 0. The number of likely N-dealkylation sites (tertiary alicyclic amines) is 1. The minimum absolute atomic E-state index is 0.234. The van der Waals surface area contributed by atoms with Crippen molar-refractivity contribution in [2.45, 2.75) is 76.0 Å². The van der Waals surface area contributed by atoms with Gasteiger partial charge in [0.25, 0.3) is 0 Å². The maximum Gasteiger partial charge on any atom is 0.159 e. The fraction of sp³-hybridized carbons (Fsp3) is 0.467. The smallest absolute Gasteiger partial charge is 0.159 e. The number of benzene rings is 1. The Labute approximate surface area is 231 Å². The predicted molar refractivity (Wildman–Crippen MR) is 148 cm³/mol. The van der Waals surface area contributed by atoms with E-state index in [-0.39, 0.29) is 5.60 Å². The molecule has 0 radical (unpaired) electrons. The molecule has 0 aliphatic carbocycles. The average Bonchev–Trinajstić information content (AvgIpc) is 3.28. The largest absolute Gasteiger partial charge is 0.365 e. The van der Waals surface area contributed by atoms with E-state index >= 15 is 0 Å². The molecule has 0 bridgehead atoms. The van der Waals surface area contributed by atoms with Gasteiger partial charge < -0.3 is 4.74 Å². The quantitative estimate of drug-likeness (QED) is 0.419. The Kier molecular flexibility index (Phi) is 7.72. The summed E-state index contributed by atoms with van der Waals surface area (Å²) >= 11 is 0. The summed E-state index contributed by atoms with van der Waals surface area (Å²) in [6, 6.07) is 9.78. The van der Waals surface area contributed by atoms with E-state index in [0.717, 1.165) is 44.1 Å². The number of aromatic nitrogens is 2. The first-order valence-corrected chi connectivity index (χ1v) is 14.6. The molecule has 2 aliphatic heterocycles. The molecule has 2 atom stereocenters. The number of hydrogen-bond donors (Lipinski definition) is 1. The predicted octanol–water partition coefficient (Wildman–Crippen LogP) is 5.48. The third-order valence-corrected chi connectivity index (χ3v) is 9.65. The first-order valence-electron chi connectivity index (χ1n) is 13.5. The number of piperidine rings is 1. The third kappa shape index (κ3) is 5.42. The number of ether oxygens (including phenoxy) is 1. The van der Waals surface area contributed by atoms with Gasteiger partial charge in [-0.1, -0.05) is 19.1 Å². The van der Waals surface area contributed by atoms with Crippen molar-refractivity contribution in [3.8, 4) is 0 Å². The van der Waals surface area contributed by atoms with Gasteiger partial charge in [-0.2, -0.15) is 0 Å². The van der Waals surface area contributed by atoms with Crippen LogP contribution in [0.4, 0.5) is 8.78 Å². The van der Waals surface area contributed by atoms with Crippen LogP contribution < -0.4 is 4.72 Å². The Hall–Kier alpha value is -2.59. The minimum atomic E-state index is -1.48. The van der Waals surface area contributed by atoms with E-state index < -0.39 is 32.9 Å². The Morgan fingerprint density at radius 2 is 1.85 bits per heavy atom. The molecule has 5 rings (SSSR count). The van der Waals surface area contributed by atoms with Crippen molar-refractivity contribution < 1.29 is 17.7 Å². The van der Waals surface area contributed by atoms with Gasteiger partial charge in [-0.3, -0.25) is 14.9 Å². The molecule has 0 saturated carbocycles. The number of hydrogen-bond acceptors (Lipinski definition) is 5. The van der Waals surface area contributed by atoms with Gasteiger partial charge in [0.15, 0.2) is 11.6 Å². The number of nitrogens with zero attached hydrogens (tertiary/aromatic N) is 3. The molecule has 1 N–H and O–H groups in total. The summed E-state index contributed by atoms with van der Waals surface area (Å²) in [6.45, 7) is 10.7. The highest BCUT2D eigenvalue weighted by molar-refractivity contribution is 7.84. The first kappa shape index (κ1) is 28.0. The van der Waals surface area contributed by atoms with Gasteiger partial charge in [0.05, 0.1) is 39.2 Å². The van der Waals surface area contributed by atoms with E-state index in [1.165, 1.54) is 23.3 Å². The molecule has 3 aromatic rings. The molecule has 39 heavy (non-hydrogen) atoms. The van der Waals surface area contributed by atoms with Crippen molar-refractivity contribution in [3.05, 3.63) is 94.6 Å². The molecule has 1 spiro atoms. The lowest BCUT2D eigenvalue weighted by Crippen LogP contribution is -2.49. The highest BCUT2D eigenvalue weighted by Gasteiger charge is 2.43. The molecule has 1 aromatic carbocycles. The van der Waals surface area contributed by atoms with E-state index in [1.807, 2.05) is 64.5 Å². The summed E-state index contributed by atoms with van der Waals surface area (Å²) in [6.07, 6.45) is 7.87. The second kappa shape index (κ2) is 10.8. The number of rotatable bonds is 7. The van der Waals surface area contributed by atoms with Crippen LogP contribution in [0.15, 0.2) is 55.0 Å². The minimum Gasteiger partial charge on any atom is -0.365 e. The molecular formula is C30H36F2N4O2S. The molecule has 0 amide bonds. The van der Waals surface area contributed by atoms with Crippen molar-refractivity contribution in [1.82, 2.24) is 19.6 Å². The van der Waals surface area contributed by atoms with Crippen molar-refractivity contribution in [2.24, 2.45) is 0 Å². The zero-order chi connectivity index (χ0) is 27.8. The molecule has 2 aromatic heterocycles. The fourth-order valence-electron chi connectivity index (χ4n) is 5.56. The fourth-order valence-corrected chi connectivity index (χ4v) is 6.55. The summed E-state index contributed by atoms with van der Waals surface area (Å²) < 4.78 is 50.3. The monoisotopic (exact) mass is 554 g/mol. The van der Waals surface area contributed by atoms with Crippen LogP contribution >= 0.6 is 0 Å². The summed E-state index contributed by atoms with van der Waals surface area (Å²) in [5.41, 5.74) is 3.32. The lowest BCUT2D eigenvalue weighted by atomic mass is 9.84. The third-order valence-electron chi connectivity index (χ3n) is 8.00. The van der Waals surface area contributed by atoms with Crippen molar-refractivity contribution in [3.63, 3.8) is 0 Å². The summed E-state index contributed by atoms with van der Waals surface area (Å²) in [4.78, 5) is 11.5. The molecule has 9 heteroatoms. The van der Waals surface area contributed by atoms with Crippen LogP contribution in [0.1, 0.15) is 74.9 Å². The normalized spacial score (nSPS) is 19.5. The first-order chi connectivity index (χ1) is 18.6. The lowest BCUT2D eigenvalue weighted by Gasteiger charge is -2.39. The number of nitrogens with one attached hydrogen (secondary N) is 1. The molecule has 1 saturated heterocycles. The van der Waals surface area contributed by atoms with Crippen LogP contribution in [-0.2, 0) is 40.0 Å². The van der Waals surface area contributed by atoms with Gasteiger partial charge in [0.1, 0.15) is 0 Å². The van der Waals surface area contributed by atoms with E-state index in [0.29, 0.717) is 24.3 Å². The van der Waals surface area contributed by atoms with Gasteiger partial charge in [-0.15, -0.1) is 0 Å². The molecule has 1 fully saturated rings. The maximum absolute atomic E-state index is 14.3. The zero-order valence-electron chi connectivity index (χ0n) is 23.0. The number of fused-ring (bicyclic) bond motifs is 2. The van der Waals surface area contributed by atoms with Crippen LogP contribution in [-0.4, -0.2) is 36.9 Å². The zero-order valence-corrected chi connectivity index (χ0v) is 23.8. The second-order valence-electron chi connectivity index (χ2n) is 11.5. The van der Waals surface area contributed by atoms with Crippen LogP contribution in [0, 0.1) is 11.6 Å². The lowest BCUT2D eigenvalue weighted by molar-refractivity contribution is -0.0800. The van der Waals surface area contributed by atoms with Gasteiger partial charge in [0, 0.05) is 43.8 Å². The van der Waals surface area contributed by atoms with Crippen LogP contribution in [0.2, 0.25) is 0 Å². The van der Waals surface area contributed by atoms with Gasteiger partial charge >= 0.3 is 0 Å². The average molecular weight is 555 g/mol. The standard InChI is InChI=1S/C30H36F2N4O2S/c1-5-30(35-39(37)28(2,3)4,23-7-8-25(31)26(32)16-23)27-9-6-21(17-34-27)19-36-14-11-29(12-15-36)24-18-33-13-10-22(24)20-38-29/h6-10,13,16-18,35H,5,11-12,14-15,19-20H2,1-4H3. The van der Waals surface area contributed by atoms with E-state index in [4.69, 9.17) is 9.72 Å². The molecular weight excluding hydrogens is 518 g/mol. The number of halogens is 2. The highest BCUT2D eigenvalue weighted by atomic mass is 32.2. The maximum atomic E-state index is 14.3. The second-order valence-corrected chi connectivity index (χ2v) is 13.5. The van der Waals surface area contributed by atoms with Crippen LogP contribution in [0.5, 0.6) is 0 Å². The Morgan fingerprint density at radius 3 is 2.49 bits per heavy atom. The van der Waals surface area contributed by atoms with Crippen molar-refractivity contribution in [1.29, 1.82) is 0 Å². The SMILES string of the molecule is CCC(NS(=O)C(C)(C)C)(c1ccc(F)c(F)c1)c1ccc(CN2CCC3(CC2)OCc2ccncc23)cn1. The van der Waals surface area contributed by atoms with E-state index in [9.17, 15) is 13.0 Å². The van der Waals surface area contributed by atoms with Gasteiger partial charge in [-0.25, -0.2) is 17.7 Å². The Bertz CT molecular complexity index is 1350. The Balaban J connectivity index is 1.35. The molecule has 6 nitrogen and oxygen atoms in total. The van der Waals surface area contributed by atoms with Crippen molar-refractivity contribution >= 4 is 11.0 Å². The molecule has 2 unspecified atom stereocenters. The molecule has 208 valence electrons. The van der Waals surface area contributed by atoms with Crippen LogP contribution in [0.3, 0.4) is 0 Å². The number of pyridine rings is 2. The van der Waals surface area contributed by atoms with Crippen molar-refractivity contribution in [2.75, 3.05) is 13.1 Å².